The first kappa shape index (κ1) is 21.7. The number of aliphatic imine (C=N–C) groups is 1. The van der Waals surface area contributed by atoms with Gasteiger partial charge < -0.3 is 10.6 Å². The Morgan fingerprint density at radius 3 is 2.60 bits per heavy atom. The lowest BCUT2D eigenvalue weighted by Gasteiger charge is -2.27. The maximum absolute atomic E-state index is 6.34. The molecule has 138 valence electrons. The zero-order valence-corrected chi connectivity index (χ0v) is 18.2. The molecule has 2 aromatic rings. The minimum atomic E-state index is -0.126. The van der Waals surface area contributed by atoms with Crippen molar-refractivity contribution in [3.05, 3.63) is 47.0 Å². The van der Waals surface area contributed by atoms with Crippen LogP contribution in [-0.2, 0) is 19.0 Å². The molecule has 0 saturated heterocycles. The van der Waals surface area contributed by atoms with Gasteiger partial charge in [-0.2, -0.15) is 5.10 Å². The van der Waals surface area contributed by atoms with Crippen molar-refractivity contribution in [3.63, 3.8) is 0 Å². The molecular formula is C17H26ClIN6. The number of guanidine groups is 1. The molecule has 0 unspecified atom stereocenters. The first-order valence-corrected chi connectivity index (χ1v) is 8.42. The maximum Gasteiger partial charge on any atom is 0.191 e. The van der Waals surface area contributed by atoms with Gasteiger partial charge in [0.2, 0.25) is 0 Å². The summed E-state index contributed by atoms with van der Waals surface area (Å²) in [6.07, 6.45) is 1.53. The second kappa shape index (κ2) is 9.96. The first-order valence-electron chi connectivity index (χ1n) is 8.04. The van der Waals surface area contributed by atoms with Crippen molar-refractivity contribution >= 4 is 41.5 Å². The molecule has 0 radical (unpaired) electrons. The average molecular weight is 477 g/mol. The molecule has 1 aromatic heterocycles. The van der Waals surface area contributed by atoms with Crippen molar-refractivity contribution in [2.75, 3.05) is 13.1 Å². The van der Waals surface area contributed by atoms with E-state index in [0.717, 1.165) is 28.9 Å². The number of benzene rings is 1. The third kappa shape index (κ3) is 6.14. The van der Waals surface area contributed by atoms with Gasteiger partial charge in [0.1, 0.15) is 18.7 Å². The van der Waals surface area contributed by atoms with Crippen molar-refractivity contribution in [1.29, 1.82) is 0 Å². The fourth-order valence-electron chi connectivity index (χ4n) is 2.36. The van der Waals surface area contributed by atoms with Crippen LogP contribution in [-0.4, -0.2) is 33.8 Å². The number of halogens is 2. The van der Waals surface area contributed by atoms with Gasteiger partial charge in [0.15, 0.2) is 5.96 Å². The largest absolute Gasteiger partial charge is 0.357 e. The third-order valence-electron chi connectivity index (χ3n) is 3.83. The van der Waals surface area contributed by atoms with E-state index in [9.17, 15) is 0 Å². The van der Waals surface area contributed by atoms with Crippen LogP contribution >= 0.6 is 35.6 Å². The van der Waals surface area contributed by atoms with Crippen molar-refractivity contribution in [1.82, 2.24) is 25.4 Å². The number of aryl methyl sites for hydroxylation is 1. The zero-order valence-electron chi connectivity index (χ0n) is 15.1. The number of nitrogens with zero attached hydrogens (tertiary/aromatic N) is 4. The van der Waals surface area contributed by atoms with Crippen LogP contribution in [0.1, 0.15) is 32.2 Å². The molecule has 0 aliphatic rings. The van der Waals surface area contributed by atoms with Crippen LogP contribution in [0.25, 0.3) is 0 Å². The fourth-order valence-corrected chi connectivity index (χ4v) is 2.76. The van der Waals surface area contributed by atoms with E-state index < -0.39 is 0 Å². The van der Waals surface area contributed by atoms with Crippen molar-refractivity contribution < 1.29 is 0 Å². The molecule has 0 fully saturated rings. The lowest BCUT2D eigenvalue weighted by Crippen LogP contribution is -2.43. The van der Waals surface area contributed by atoms with Crippen molar-refractivity contribution in [2.45, 2.75) is 32.7 Å². The van der Waals surface area contributed by atoms with E-state index in [1.54, 1.807) is 4.68 Å². The summed E-state index contributed by atoms with van der Waals surface area (Å²) in [7, 11) is 1.86. The highest BCUT2D eigenvalue weighted by atomic mass is 127. The van der Waals surface area contributed by atoms with Crippen LogP contribution in [0, 0.1) is 0 Å². The number of aromatic nitrogens is 3. The van der Waals surface area contributed by atoms with Crippen LogP contribution in [0.3, 0.4) is 0 Å². The summed E-state index contributed by atoms with van der Waals surface area (Å²) in [4.78, 5) is 8.76. The molecule has 0 saturated carbocycles. The molecule has 25 heavy (non-hydrogen) atoms. The number of hydrogen-bond donors (Lipinski definition) is 2. The second-order valence-corrected chi connectivity index (χ2v) is 6.62. The number of rotatable bonds is 6. The normalized spacial score (nSPS) is 11.8. The van der Waals surface area contributed by atoms with Gasteiger partial charge >= 0.3 is 0 Å². The Morgan fingerprint density at radius 2 is 2.00 bits per heavy atom. The lowest BCUT2D eigenvalue weighted by atomic mass is 9.84. The van der Waals surface area contributed by atoms with E-state index in [2.05, 4.69) is 45.6 Å². The van der Waals surface area contributed by atoms with Gasteiger partial charge in [0.25, 0.3) is 0 Å². The van der Waals surface area contributed by atoms with Gasteiger partial charge in [-0.25, -0.2) is 9.98 Å². The maximum atomic E-state index is 6.34. The lowest BCUT2D eigenvalue weighted by molar-refractivity contribution is 0.508. The summed E-state index contributed by atoms with van der Waals surface area (Å²) >= 11 is 6.34. The molecule has 8 heteroatoms. The van der Waals surface area contributed by atoms with E-state index in [-0.39, 0.29) is 29.4 Å². The average Bonchev–Trinajstić information content (AvgIpc) is 2.95. The van der Waals surface area contributed by atoms with Gasteiger partial charge in [0, 0.05) is 30.6 Å². The molecule has 2 rings (SSSR count). The topological polar surface area (TPSA) is 67.1 Å². The van der Waals surface area contributed by atoms with Gasteiger partial charge in [-0.05, 0) is 18.6 Å². The van der Waals surface area contributed by atoms with Crippen LogP contribution in [0.2, 0.25) is 5.02 Å². The van der Waals surface area contributed by atoms with E-state index in [1.807, 2.05) is 32.2 Å². The summed E-state index contributed by atoms with van der Waals surface area (Å²) in [5, 5.41) is 11.5. The number of nitrogens with one attached hydrogen (secondary N) is 2. The molecule has 6 nitrogen and oxygen atoms in total. The molecule has 0 aliphatic carbocycles. The van der Waals surface area contributed by atoms with E-state index >= 15 is 0 Å². The first-order chi connectivity index (χ1) is 11.4. The molecule has 0 aliphatic heterocycles. The summed E-state index contributed by atoms with van der Waals surface area (Å²) in [6, 6.07) is 7.94. The quantitative estimate of drug-likeness (QED) is 0.382. The molecule has 0 amide bonds. The Hall–Kier alpha value is -1.35. The van der Waals surface area contributed by atoms with Gasteiger partial charge in [-0.3, -0.25) is 4.68 Å². The van der Waals surface area contributed by atoms with Crippen LogP contribution in [0.4, 0.5) is 0 Å². The molecule has 0 spiro atoms. The van der Waals surface area contributed by atoms with E-state index in [1.165, 1.54) is 6.33 Å². The Labute approximate surface area is 171 Å². The molecular weight excluding hydrogens is 451 g/mol. The Balaban J connectivity index is 0.00000312. The van der Waals surface area contributed by atoms with Gasteiger partial charge in [-0.15, -0.1) is 24.0 Å². The summed E-state index contributed by atoms with van der Waals surface area (Å²) in [5.41, 5.74) is 0.989. The molecule has 0 bridgehead atoms. The van der Waals surface area contributed by atoms with Crippen LogP contribution in [0.5, 0.6) is 0 Å². The molecule has 0 atom stereocenters. The van der Waals surface area contributed by atoms with E-state index in [4.69, 9.17) is 11.6 Å². The molecule has 1 heterocycles. The van der Waals surface area contributed by atoms with Gasteiger partial charge in [-0.1, -0.05) is 43.6 Å². The highest BCUT2D eigenvalue weighted by Crippen LogP contribution is 2.28. The minimum absolute atomic E-state index is 0. The smallest absolute Gasteiger partial charge is 0.191 e. The highest BCUT2D eigenvalue weighted by molar-refractivity contribution is 14.0. The predicted octanol–water partition coefficient (Wildman–Crippen LogP) is 3.12. The predicted molar refractivity (Wildman–Crippen MR) is 114 cm³/mol. The molecule has 2 N–H and O–H groups in total. The Morgan fingerprint density at radius 1 is 1.28 bits per heavy atom. The minimum Gasteiger partial charge on any atom is -0.357 e. The standard InChI is InChI=1S/C17H25ClN6.HI/c1-5-19-16(20-10-15-22-12-23-24(15)4)21-11-17(2,3)13-8-6-7-9-14(13)18;/h6-9,12H,5,10-11H2,1-4H3,(H2,19,20,21);1H. The summed E-state index contributed by atoms with van der Waals surface area (Å²) in [6.45, 7) is 8.33. The van der Waals surface area contributed by atoms with Gasteiger partial charge in [0.05, 0.1) is 0 Å². The summed E-state index contributed by atoms with van der Waals surface area (Å²) < 4.78 is 1.72. The monoisotopic (exact) mass is 476 g/mol. The van der Waals surface area contributed by atoms with Crippen LogP contribution < -0.4 is 10.6 Å². The third-order valence-corrected chi connectivity index (χ3v) is 4.16. The Kier molecular flexibility index (Phi) is 8.64. The second-order valence-electron chi connectivity index (χ2n) is 6.21. The number of hydrogen-bond acceptors (Lipinski definition) is 3. The Bertz CT molecular complexity index is 698. The van der Waals surface area contributed by atoms with Crippen molar-refractivity contribution in [2.24, 2.45) is 12.0 Å². The molecule has 1 aromatic carbocycles. The SMILES string of the molecule is CCNC(=NCc1ncnn1C)NCC(C)(C)c1ccccc1Cl.I. The highest BCUT2D eigenvalue weighted by Gasteiger charge is 2.23. The fraction of sp³-hybridized carbons (Fsp3) is 0.471. The van der Waals surface area contributed by atoms with E-state index in [0.29, 0.717) is 13.1 Å². The zero-order chi connectivity index (χ0) is 17.6. The van der Waals surface area contributed by atoms with Crippen LogP contribution in [0.15, 0.2) is 35.6 Å². The summed E-state index contributed by atoms with van der Waals surface area (Å²) in [5.74, 6) is 1.57. The van der Waals surface area contributed by atoms with Crippen molar-refractivity contribution in [3.8, 4) is 0 Å².